The first kappa shape index (κ1) is 15.9. The summed E-state index contributed by atoms with van der Waals surface area (Å²) in [6.07, 6.45) is 1.68. The molecular formula is C11H11Cl2FN2O2S2. The summed E-state index contributed by atoms with van der Waals surface area (Å²) in [7, 11) is -4.03. The minimum atomic E-state index is -4.03. The standard InChI is InChI=1S/C11H11Cl2FN2O2S2/c12-6-3-4-7(8(13)9(6)14)20(17,18)16-10(11(15)19)5-1-2-5/h3-5,10,16H,1-2H2,(H2,15,19). The Morgan fingerprint density at radius 2 is 2.05 bits per heavy atom. The molecule has 1 aromatic carbocycles. The van der Waals surface area contributed by atoms with Gasteiger partial charge in [-0.15, -0.1) is 0 Å². The van der Waals surface area contributed by atoms with Gasteiger partial charge in [-0.3, -0.25) is 0 Å². The first-order chi connectivity index (χ1) is 9.24. The van der Waals surface area contributed by atoms with E-state index in [9.17, 15) is 12.8 Å². The maximum absolute atomic E-state index is 13.6. The molecule has 9 heteroatoms. The number of hydrogen-bond acceptors (Lipinski definition) is 3. The van der Waals surface area contributed by atoms with Crippen LogP contribution in [0.3, 0.4) is 0 Å². The first-order valence-electron chi connectivity index (χ1n) is 5.69. The van der Waals surface area contributed by atoms with Crippen LogP contribution in [0.1, 0.15) is 12.8 Å². The van der Waals surface area contributed by atoms with Gasteiger partial charge < -0.3 is 5.73 Å². The minimum Gasteiger partial charge on any atom is -0.392 e. The molecule has 4 nitrogen and oxygen atoms in total. The van der Waals surface area contributed by atoms with Gasteiger partial charge in [-0.2, -0.15) is 0 Å². The number of halogens is 3. The molecule has 1 aliphatic carbocycles. The molecule has 0 radical (unpaired) electrons. The Morgan fingerprint density at radius 3 is 2.55 bits per heavy atom. The van der Waals surface area contributed by atoms with Crippen molar-refractivity contribution in [1.29, 1.82) is 0 Å². The van der Waals surface area contributed by atoms with Crippen molar-refractivity contribution in [2.75, 3.05) is 0 Å². The highest BCUT2D eigenvalue weighted by molar-refractivity contribution is 7.89. The van der Waals surface area contributed by atoms with Crippen molar-refractivity contribution < 1.29 is 12.8 Å². The number of rotatable bonds is 5. The van der Waals surface area contributed by atoms with Crippen LogP contribution >= 0.6 is 35.4 Å². The SMILES string of the molecule is NC(=S)C(NS(=O)(=O)c1ccc(Cl)c(F)c1Cl)C1CC1. The summed E-state index contributed by atoms with van der Waals surface area (Å²) in [5.74, 6) is -0.896. The molecular weight excluding hydrogens is 346 g/mol. The second-order valence-electron chi connectivity index (χ2n) is 4.51. The maximum atomic E-state index is 13.6. The maximum Gasteiger partial charge on any atom is 0.242 e. The quantitative estimate of drug-likeness (QED) is 0.627. The zero-order chi connectivity index (χ0) is 15.1. The highest BCUT2D eigenvalue weighted by atomic mass is 35.5. The van der Waals surface area contributed by atoms with Gasteiger partial charge in [-0.05, 0) is 30.9 Å². The third kappa shape index (κ3) is 3.23. The molecule has 0 spiro atoms. The van der Waals surface area contributed by atoms with E-state index in [1.165, 1.54) is 0 Å². The van der Waals surface area contributed by atoms with Gasteiger partial charge in [0.2, 0.25) is 10.0 Å². The molecule has 110 valence electrons. The summed E-state index contributed by atoms with van der Waals surface area (Å²) in [6, 6.07) is 1.62. The van der Waals surface area contributed by atoms with Crippen LogP contribution in [0.5, 0.6) is 0 Å². The molecule has 1 unspecified atom stereocenters. The molecule has 1 aliphatic rings. The summed E-state index contributed by atoms with van der Waals surface area (Å²) < 4.78 is 40.4. The van der Waals surface area contributed by atoms with Crippen molar-refractivity contribution in [3.8, 4) is 0 Å². The van der Waals surface area contributed by atoms with Gasteiger partial charge in [0.15, 0.2) is 5.82 Å². The van der Waals surface area contributed by atoms with E-state index in [-0.39, 0.29) is 20.8 Å². The largest absolute Gasteiger partial charge is 0.392 e. The number of thiocarbonyl (C=S) groups is 1. The Morgan fingerprint density at radius 1 is 1.45 bits per heavy atom. The lowest BCUT2D eigenvalue weighted by Gasteiger charge is -2.17. The van der Waals surface area contributed by atoms with E-state index < -0.39 is 26.9 Å². The van der Waals surface area contributed by atoms with Crippen molar-refractivity contribution >= 4 is 50.4 Å². The molecule has 1 fully saturated rings. The average molecular weight is 357 g/mol. The van der Waals surface area contributed by atoms with Crippen LogP contribution in [0.25, 0.3) is 0 Å². The summed E-state index contributed by atoms with van der Waals surface area (Å²) in [6.45, 7) is 0. The van der Waals surface area contributed by atoms with Crippen LogP contribution < -0.4 is 10.5 Å². The lowest BCUT2D eigenvalue weighted by atomic mass is 10.2. The van der Waals surface area contributed by atoms with E-state index in [0.717, 1.165) is 25.0 Å². The molecule has 0 aromatic heterocycles. The van der Waals surface area contributed by atoms with Gasteiger partial charge in [0.1, 0.15) is 4.90 Å². The van der Waals surface area contributed by atoms with E-state index in [1.54, 1.807) is 0 Å². The van der Waals surface area contributed by atoms with Crippen LogP contribution in [0.4, 0.5) is 4.39 Å². The zero-order valence-electron chi connectivity index (χ0n) is 10.1. The molecule has 2 rings (SSSR count). The Balaban J connectivity index is 2.35. The van der Waals surface area contributed by atoms with Crippen molar-refractivity contribution in [3.63, 3.8) is 0 Å². The second-order valence-corrected chi connectivity index (χ2v) is 7.45. The fourth-order valence-corrected chi connectivity index (χ4v) is 4.12. The van der Waals surface area contributed by atoms with Crippen LogP contribution in [0, 0.1) is 11.7 Å². The Hall–Kier alpha value is -0.470. The molecule has 0 heterocycles. The van der Waals surface area contributed by atoms with Crippen molar-refractivity contribution in [2.24, 2.45) is 11.7 Å². The molecule has 0 amide bonds. The van der Waals surface area contributed by atoms with Crippen LogP contribution in [-0.4, -0.2) is 19.4 Å². The Bertz CT molecular complexity index is 663. The monoisotopic (exact) mass is 356 g/mol. The minimum absolute atomic E-state index is 0.0571. The smallest absolute Gasteiger partial charge is 0.242 e. The predicted octanol–water partition coefficient (Wildman–Crippen LogP) is 2.48. The third-order valence-corrected chi connectivity index (χ3v) is 5.48. The fourth-order valence-electron chi connectivity index (χ4n) is 1.76. The number of nitrogens with one attached hydrogen (secondary N) is 1. The number of benzene rings is 1. The van der Waals surface area contributed by atoms with Gasteiger partial charge in [0, 0.05) is 0 Å². The topological polar surface area (TPSA) is 72.2 Å². The molecule has 1 saturated carbocycles. The van der Waals surface area contributed by atoms with Crippen molar-refractivity contribution in [2.45, 2.75) is 23.8 Å². The van der Waals surface area contributed by atoms with E-state index in [0.29, 0.717) is 0 Å². The molecule has 20 heavy (non-hydrogen) atoms. The van der Waals surface area contributed by atoms with Crippen LogP contribution in [-0.2, 0) is 10.0 Å². The third-order valence-electron chi connectivity index (χ3n) is 2.97. The summed E-state index contributed by atoms with van der Waals surface area (Å²) in [5, 5.41) is -0.801. The number of hydrogen-bond donors (Lipinski definition) is 2. The van der Waals surface area contributed by atoms with Crippen molar-refractivity contribution in [1.82, 2.24) is 4.72 Å². The summed E-state index contributed by atoms with van der Waals surface area (Å²) in [4.78, 5) is -0.329. The lowest BCUT2D eigenvalue weighted by molar-refractivity contribution is 0.562. The van der Waals surface area contributed by atoms with Crippen molar-refractivity contribution in [3.05, 3.63) is 28.0 Å². The Labute approximate surface area is 131 Å². The molecule has 0 aliphatic heterocycles. The van der Waals surface area contributed by atoms with E-state index in [4.69, 9.17) is 41.2 Å². The fraction of sp³-hybridized carbons (Fsp3) is 0.364. The van der Waals surface area contributed by atoms with Gasteiger partial charge in [0.25, 0.3) is 0 Å². The lowest BCUT2D eigenvalue weighted by Crippen LogP contribution is -2.45. The van der Waals surface area contributed by atoms with Crippen LogP contribution in [0.15, 0.2) is 17.0 Å². The van der Waals surface area contributed by atoms with Gasteiger partial charge in [0.05, 0.1) is 21.1 Å². The summed E-state index contributed by atoms with van der Waals surface area (Å²) in [5.41, 5.74) is 5.53. The predicted molar refractivity (Wildman–Crippen MR) is 80.0 cm³/mol. The normalized spacial score (nSPS) is 16.9. The van der Waals surface area contributed by atoms with E-state index in [2.05, 4.69) is 4.72 Å². The molecule has 0 saturated heterocycles. The second kappa shape index (κ2) is 5.73. The molecule has 1 atom stereocenters. The Kier molecular flexibility index (Phi) is 4.56. The highest BCUT2D eigenvalue weighted by Gasteiger charge is 2.37. The molecule has 0 bridgehead atoms. The van der Waals surface area contributed by atoms with Gasteiger partial charge in [-0.1, -0.05) is 35.4 Å². The number of nitrogens with two attached hydrogens (primary N) is 1. The molecule has 3 N–H and O–H groups in total. The van der Waals surface area contributed by atoms with Gasteiger partial charge >= 0.3 is 0 Å². The molecule has 1 aromatic rings. The van der Waals surface area contributed by atoms with Crippen LogP contribution in [0.2, 0.25) is 10.0 Å². The van der Waals surface area contributed by atoms with E-state index >= 15 is 0 Å². The summed E-state index contributed by atoms with van der Waals surface area (Å²) >= 11 is 16.1. The zero-order valence-corrected chi connectivity index (χ0v) is 13.2. The number of sulfonamides is 1. The van der Waals surface area contributed by atoms with Gasteiger partial charge in [-0.25, -0.2) is 17.5 Å². The highest BCUT2D eigenvalue weighted by Crippen LogP contribution is 2.35. The first-order valence-corrected chi connectivity index (χ1v) is 8.34. The van der Waals surface area contributed by atoms with E-state index in [1.807, 2.05) is 0 Å². The average Bonchev–Trinajstić information content (AvgIpc) is 3.16.